The number of nitrogens with two attached hydrogens (primary N) is 1. The van der Waals surface area contributed by atoms with E-state index in [1.807, 2.05) is 24.4 Å². The van der Waals surface area contributed by atoms with Gasteiger partial charge >= 0.3 is 0 Å². The van der Waals surface area contributed by atoms with Gasteiger partial charge in [-0.15, -0.1) is 11.3 Å². The maximum Gasteiger partial charge on any atom is 0.0946 e. The van der Waals surface area contributed by atoms with Crippen molar-refractivity contribution in [2.75, 3.05) is 0 Å². The van der Waals surface area contributed by atoms with Crippen LogP contribution in [0.15, 0.2) is 24.4 Å². The lowest BCUT2D eigenvalue weighted by Crippen LogP contribution is -2.23. The quantitative estimate of drug-likeness (QED) is 0.900. The molecule has 0 amide bonds. The number of aryl methyl sites for hydroxylation is 3. The molecule has 2 aromatic rings. The fourth-order valence-electron chi connectivity index (χ4n) is 1.83. The summed E-state index contributed by atoms with van der Waals surface area (Å²) in [6.07, 6.45) is 4.58. The van der Waals surface area contributed by atoms with Crippen LogP contribution in [0.4, 0.5) is 0 Å². The van der Waals surface area contributed by atoms with Gasteiger partial charge in [-0.05, 0) is 38.8 Å². The van der Waals surface area contributed by atoms with Crippen LogP contribution < -0.4 is 5.73 Å². The Morgan fingerprint density at radius 2 is 2.17 bits per heavy atom. The van der Waals surface area contributed by atoms with E-state index in [1.54, 1.807) is 11.3 Å². The minimum absolute atomic E-state index is 0.164. The van der Waals surface area contributed by atoms with Gasteiger partial charge < -0.3 is 5.73 Å². The van der Waals surface area contributed by atoms with Gasteiger partial charge in [0.05, 0.1) is 10.7 Å². The molecule has 4 heteroatoms. The van der Waals surface area contributed by atoms with Crippen molar-refractivity contribution in [3.8, 4) is 0 Å². The Kier molecular flexibility index (Phi) is 4.44. The second-order valence-electron chi connectivity index (χ2n) is 4.57. The van der Waals surface area contributed by atoms with Crippen LogP contribution in [0.5, 0.6) is 0 Å². The second kappa shape index (κ2) is 6.07. The van der Waals surface area contributed by atoms with Gasteiger partial charge in [-0.25, -0.2) is 4.98 Å². The van der Waals surface area contributed by atoms with Gasteiger partial charge in [0.15, 0.2) is 0 Å². The van der Waals surface area contributed by atoms with Crippen molar-refractivity contribution in [1.82, 2.24) is 9.97 Å². The summed E-state index contributed by atoms with van der Waals surface area (Å²) in [7, 11) is 0. The first kappa shape index (κ1) is 13.2. The maximum atomic E-state index is 6.15. The molecule has 2 aromatic heterocycles. The number of aromatic nitrogens is 2. The van der Waals surface area contributed by atoms with E-state index in [0.717, 1.165) is 35.7 Å². The van der Waals surface area contributed by atoms with Crippen LogP contribution in [-0.4, -0.2) is 16.0 Å². The Morgan fingerprint density at radius 3 is 2.78 bits per heavy atom. The third-order valence-corrected chi connectivity index (χ3v) is 4.10. The Morgan fingerprint density at radius 1 is 1.33 bits per heavy atom. The molecule has 96 valence electrons. The van der Waals surface area contributed by atoms with Gasteiger partial charge in [0.2, 0.25) is 0 Å². The molecule has 0 saturated carbocycles. The smallest absolute Gasteiger partial charge is 0.0946 e. The largest absolute Gasteiger partial charge is 0.327 e. The highest BCUT2D eigenvalue weighted by molar-refractivity contribution is 7.11. The molecular formula is C14H19N3S. The van der Waals surface area contributed by atoms with Crippen molar-refractivity contribution < 1.29 is 0 Å². The van der Waals surface area contributed by atoms with E-state index >= 15 is 0 Å². The lowest BCUT2D eigenvalue weighted by atomic mass is 10.1. The van der Waals surface area contributed by atoms with Crippen LogP contribution in [0.25, 0.3) is 0 Å². The SMILES string of the molecule is Cc1nc(CC(N)CCc2ccccn2)sc1C. The van der Waals surface area contributed by atoms with Gasteiger partial charge in [0.1, 0.15) is 0 Å². The highest BCUT2D eigenvalue weighted by Gasteiger charge is 2.09. The third-order valence-electron chi connectivity index (χ3n) is 3.01. The first-order valence-electron chi connectivity index (χ1n) is 6.23. The molecule has 0 aliphatic rings. The molecular weight excluding hydrogens is 242 g/mol. The van der Waals surface area contributed by atoms with E-state index in [1.165, 1.54) is 4.88 Å². The molecule has 0 aliphatic heterocycles. The summed E-state index contributed by atoms with van der Waals surface area (Å²) < 4.78 is 0. The predicted molar refractivity (Wildman–Crippen MR) is 75.8 cm³/mol. The Bertz CT molecular complexity index is 473. The second-order valence-corrected chi connectivity index (χ2v) is 5.86. The first-order chi connectivity index (χ1) is 8.65. The van der Waals surface area contributed by atoms with Gasteiger partial charge in [0, 0.05) is 29.2 Å². The molecule has 0 radical (unpaired) electrons. The van der Waals surface area contributed by atoms with Crippen LogP contribution >= 0.6 is 11.3 Å². The van der Waals surface area contributed by atoms with Crippen molar-refractivity contribution in [3.05, 3.63) is 45.7 Å². The normalized spacial score (nSPS) is 12.6. The number of thiazole rings is 1. The Balaban J connectivity index is 1.84. The number of pyridine rings is 1. The van der Waals surface area contributed by atoms with Gasteiger partial charge in [-0.3, -0.25) is 4.98 Å². The average molecular weight is 261 g/mol. The standard InChI is InChI=1S/C14H19N3S/c1-10-11(2)18-14(17-10)9-12(15)6-7-13-5-3-4-8-16-13/h3-5,8,12H,6-7,9,15H2,1-2H3. The molecule has 0 bridgehead atoms. The molecule has 0 aromatic carbocycles. The first-order valence-corrected chi connectivity index (χ1v) is 7.05. The Labute approximate surface area is 112 Å². The number of hydrogen-bond donors (Lipinski definition) is 1. The minimum Gasteiger partial charge on any atom is -0.327 e. The van der Waals surface area contributed by atoms with Gasteiger partial charge in [-0.1, -0.05) is 6.07 Å². The lowest BCUT2D eigenvalue weighted by molar-refractivity contribution is 0.603. The summed E-state index contributed by atoms with van der Waals surface area (Å²) in [5, 5.41) is 1.15. The predicted octanol–water partition coefficient (Wildman–Crippen LogP) is 2.66. The van der Waals surface area contributed by atoms with E-state index in [-0.39, 0.29) is 6.04 Å². The van der Waals surface area contributed by atoms with E-state index in [0.29, 0.717) is 0 Å². The highest BCUT2D eigenvalue weighted by Crippen LogP contribution is 2.18. The molecule has 2 N–H and O–H groups in total. The summed E-state index contributed by atoms with van der Waals surface area (Å²) in [5.74, 6) is 0. The molecule has 2 heterocycles. The van der Waals surface area contributed by atoms with Crippen molar-refractivity contribution in [2.45, 2.75) is 39.2 Å². The zero-order chi connectivity index (χ0) is 13.0. The summed E-state index contributed by atoms with van der Waals surface area (Å²) in [5.41, 5.74) is 8.39. The monoisotopic (exact) mass is 261 g/mol. The lowest BCUT2D eigenvalue weighted by Gasteiger charge is -2.09. The van der Waals surface area contributed by atoms with Crippen LogP contribution in [0, 0.1) is 13.8 Å². The fraction of sp³-hybridized carbons (Fsp3) is 0.429. The summed E-state index contributed by atoms with van der Waals surface area (Å²) in [6, 6.07) is 6.16. The molecule has 0 spiro atoms. The molecule has 0 fully saturated rings. The van der Waals surface area contributed by atoms with Crippen molar-refractivity contribution in [2.24, 2.45) is 5.73 Å². The molecule has 1 unspecified atom stereocenters. The van der Waals surface area contributed by atoms with Crippen molar-refractivity contribution in [1.29, 1.82) is 0 Å². The van der Waals surface area contributed by atoms with E-state index in [2.05, 4.69) is 23.8 Å². The molecule has 0 saturated heterocycles. The zero-order valence-corrected chi connectivity index (χ0v) is 11.7. The molecule has 1 atom stereocenters. The van der Waals surface area contributed by atoms with Crippen molar-refractivity contribution in [3.63, 3.8) is 0 Å². The molecule has 18 heavy (non-hydrogen) atoms. The molecule has 3 nitrogen and oxygen atoms in total. The van der Waals surface area contributed by atoms with Gasteiger partial charge in [0.25, 0.3) is 0 Å². The maximum absolute atomic E-state index is 6.15. The highest BCUT2D eigenvalue weighted by atomic mass is 32.1. The Hall–Kier alpha value is -1.26. The minimum atomic E-state index is 0.164. The van der Waals surface area contributed by atoms with E-state index in [4.69, 9.17) is 5.73 Å². The number of rotatable bonds is 5. The van der Waals surface area contributed by atoms with E-state index in [9.17, 15) is 0 Å². The van der Waals surface area contributed by atoms with Crippen LogP contribution in [0.2, 0.25) is 0 Å². The summed E-state index contributed by atoms with van der Waals surface area (Å²) in [6.45, 7) is 4.16. The number of hydrogen-bond acceptors (Lipinski definition) is 4. The van der Waals surface area contributed by atoms with Gasteiger partial charge in [-0.2, -0.15) is 0 Å². The summed E-state index contributed by atoms with van der Waals surface area (Å²) >= 11 is 1.76. The van der Waals surface area contributed by atoms with Crippen LogP contribution in [-0.2, 0) is 12.8 Å². The number of nitrogens with zero attached hydrogens (tertiary/aromatic N) is 2. The van der Waals surface area contributed by atoms with E-state index < -0.39 is 0 Å². The summed E-state index contributed by atoms with van der Waals surface area (Å²) in [4.78, 5) is 10.1. The van der Waals surface area contributed by atoms with Crippen molar-refractivity contribution >= 4 is 11.3 Å². The third kappa shape index (κ3) is 3.62. The fourth-order valence-corrected chi connectivity index (χ4v) is 2.86. The molecule has 0 aliphatic carbocycles. The zero-order valence-electron chi connectivity index (χ0n) is 10.9. The van der Waals surface area contributed by atoms with Crippen LogP contribution in [0.3, 0.4) is 0 Å². The molecule has 2 rings (SSSR count). The van der Waals surface area contributed by atoms with Crippen LogP contribution in [0.1, 0.15) is 27.7 Å². The topological polar surface area (TPSA) is 51.8 Å². The average Bonchev–Trinajstić information content (AvgIpc) is 2.67.